The molecule has 0 aromatic carbocycles. The van der Waals surface area contributed by atoms with E-state index < -0.39 is 0 Å². The first-order valence-corrected chi connectivity index (χ1v) is 3.54. The topological polar surface area (TPSA) is 33.0 Å². The molecule has 1 unspecified atom stereocenters. The van der Waals surface area contributed by atoms with Crippen molar-refractivity contribution in [1.82, 2.24) is 0 Å². The summed E-state index contributed by atoms with van der Waals surface area (Å²) in [5, 5.41) is 8.54. The first-order chi connectivity index (χ1) is 4.84. The minimum Gasteiger partial charge on any atom is -0.501 e. The van der Waals surface area contributed by atoms with Crippen LogP contribution >= 0.6 is 0 Å². The molecule has 0 saturated heterocycles. The molecule has 2 heteroatoms. The number of ether oxygens (including phenoxy) is 1. The van der Waals surface area contributed by atoms with Crippen LogP contribution in [0.4, 0.5) is 0 Å². The van der Waals surface area contributed by atoms with Crippen LogP contribution in [0.3, 0.4) is 0 Å². The molecule has 1 aliphatic rings. The smallest absolute Gasteiger partial charge is 0.0876 e. The van der Waals surface area contributed by atoms with Crippen molar-refractivity contribution in [1.29, 1.82) is 5.26 Å². The molecule has 0 radical (unpaired) electrons. The van der Waals surface area contributed by atoms with E-state index in [4.69, 9.17) is 10.00 Å². The molecule has 10 heavy (non-hydrogen) atoms. The molecular formula is C8H11NO. The monoisotopic (exact) mass is 137 g/mol. The molecule has 0 aliphatic carbocycles. The molecule has 1 atom stereocenters. The van der Waals surface area contributed by atoms with Crippen molar-refractivity contribution in [3.63, 3.8) is 0 Å². The average Bonchev–Trinajstić information content (AvgIpc) is 2.05. The molecule has 0 amide bonds. The Labute approximate surface area is 61.1 Å². The van der Waals surface area contributed by atoms with E-state index in [0.29, 0.717) is 0 Å². The normalized spacial score (nSPS) is 20.2. The lowest BCUT2D eigenvalue weighted by atomic mass is 9.99. The Hall–Kier alpha value is -0.970. The Morgan fingerprint density at radius 3 is 3.10 bits per heavy atom. The fraction of sp³-hybridized carbons (Fsp3) is 0.625. The number of rotatable bonds is 1. The van der Waals surface area contributed by atoms with Gasteiger partial charge < -0.3 is 4.74 Å². The van der Waals surface area contributed by atoms with Crippen molar-refractivity contribution in [2.45, 2.75) is 19.8 Å². The summed E-state index contributed by atoms with van der Waals surface area (Å²) < 4.78 is 5.09. The molecule has 0 spiro atoms. The van der Waals surface area contributed by atoms with Gasteiger partial charge in [0.15, 0.2) is 0 Å². The van der Waals surface area contributed by atoms with Gasteiger partial charge >= 0.3 is 0 Å². The average molecular weight is 137 g/mol. The maximum absolute atomic E-state index is 8.54. The van der Waals surface area contributed by atoms with Gasteiger partial charge in [0.25, 0.3) is 0 Å². The van der Waals surface area contributed by atoms with E-state index in [9.17, 15) is 0 Å². The van der Waals surface area contributed by atoms with Crippen LogP contribution in [0, 0.1) is 17.2 Å². The summed E-state index contributed by atoms with van der Waals surface area (Å²) in [6, 6.07) is 2.19. The van der Waals surface area contributed by atoms with Crippen LogP contribution in [0.15, 0.2) is 11.8 Å². The molecule has 54 valence electrons. The van der Waals surface area contributed by atoms with Gasteiger partial charge in [-0.05, 0) is 25.3 Å². The van der Waals surface area contributed by atoms with Crippen LogP contribution in [-0.2, 0) is 4.74 Å². The van der Waals surface area contributed by atoms with E-state index in [-0.39, 0.29) is 5.92 Å². The summed E-state index contributed by atoms with van der Waals surface area (Å²) in [5.74, 6) is 0.0281. The highest BCUT2D eigenvalue weighted by Crippen LogP contribution is 2.19. The summed E-state index contributed by atoms with van der Waals surface area (Å²) in [4.78, 5) is 0. The van der Waals surface area contributed by atoms with Gasteiger partial charge in [0.2, 0.25) is 0 Å². The molecule has 0 N–H and O–H groups in total. The number of hydrogen-bond donors (Lipinski definition) is 0. The lowest BCUT2D eigenvalue weighted by molar-refractivity contribution is 0.221. The third-order valence-corrected chi connectivity index (χ3v) is 1.71. The summed E-state index contributed by atoms with van der Waals surface area (Å²) in [6.07, 6.45) is 3.81. The predicted molar refractivity (Wildman–Crippen MR) is 38.0 cm³/mol. The van der Waals surface area contributed by atoms with E-state index in [1.54, 1.807) is 6.26 Å². The second kappa shape index (κ2) is 3.26. The standard InChI is InChI=1S/C8H11NO/c1-7(5-9)8-3-2-4-10-6-8/h6-7H,2-4H2,1H3. The Balaban J connectivity index is 2.55. The molecule has 1 rings (SSSR count). The summed E-state index contributed by atoms with van der Waals surface area (Å²) in [7, 11) is 0. The van der Waals surface area contributed by atoms with Crippen molar-refractivity contribution >= 4 is 0 Å². The van der Waals surface area contributed by atoms with Crippen LogP contribution in [0.1, 0.15) is 19.8 Å². The number of nitriles is 1. The van der Waals surface area contributed by atoms with Gasteiger partial charge in [-0.15, -0.1) is 0 Å². The lowest BCUT2D eigenvalue weighted by Gasteiger charge is -2.14. The first-order valence-electron chi connectivity index (χ1n) is 3.54. The summed E-state index contributed by atoms with van der Waals surface area (Å²) in [5.41, 5.74) is 1.13. The zero-order valence-electron chi connectivity index (χ0n) is 6.13. The molecule has 1 heterocycles. The number of hydrogen-bond acceptors (Lipinski definition) is 2. The molecule has 1 aliphatic heterocycles. The van der Waals surface area contributed by atoms with Crippen molar-refractivity contribution in [3.05, 3.63) is 11.8 Å². The summed E-state index contributed by atoms with van der Waals surface area (Å²) in [6.45, 7) is 2.71. The highest BCUT2D eigenvalue weighted by atomic mass is 16.5. The van der Waals surface area contributed by atoms with Gasteiger partial charge in [0.1, 0.15) is 0 Å². The van der Waals surface area contributed by atoms with Crippen LogP contribution in [-0.4, -0.2) is 6.61 Å². The second-order valence-corrected chi connectivity index (χ2v) is 2.52. The number of allylic oxidation sites excluding steroid dienone is 1. The largest absolute Gasteiger partial charge is 0.501 e. The van der Waals surface area contributed by atoms with Crippen molar-refractivity contribution in [2.75, 3.05) is 6.61 Å². The third-order valence-electron chi connectivity index (χ3n) is 1.71. The van der Waals surface area contributed by atoms with Crippen molar-refractivity contribution in [2.24, 2.45) is 5.92 Å². The van der Waals surface area contributed by atoms with Crippen LogP contribution in [0.2, 0.25) is 0 Å². The van der Waals surface area contributed by atoms with Crippen LogP contribution in [0.5, 0.6) is 0 Å². The fourth-order valence-electron chi connectivity index (χ4n) is 0.986. The Kier molecular flexibility index (Phi) is 2.33. The van der Waals surface area contributed by atoms with E-state index in [0.717, 1.165) is 25.0 Å². The predicted octanol–water partition coefficient (Wildman–Crippen LogP) is 1.84. The maximum Gasteiger partial charge on any atom is 0.0876 e. The quantitative estimate of drug-likeness (QED) is 0.552. The number of nitrogens with zero attached hydrogens (tertiary/aromatic N) is 1. The minimum atomic E-state index is 0.0281. The molecular weight excluding hydrogens is 126 g/mol. The van der Waals surface area contributed by atoms with Gasteiger partial charge in [-0.2, -0.15) is 5.26 Å². The Morgan fingerprint density at radius 1 is 1.80 bits per heavy atom. The molecule has 0 aromatic heterocycles. The van der Waals surface area contributed by atoms with E-state index in [1.165, 1.54) is 0 Å². The first kappa shape index (κ1) is 7.14. The SMILES string of the molecule is CC(C#N)C1=COCCC1. The van der Waals surface area contributed by atoms with E-state index >= 15 is 0 Å². The molecule has 0 fully saturated rings. The third kappa shape index (κ3) is 1.51. The maximum atomic E-state index is 8.54. The van der Waals surface area contributed by atoms with E-state index in [2.05, 4.69) is 6.07 Å². The second-order valence-electron chi connectivity index (χ2n) is 2.52. The van der Waals surface area contributed by atoms with Gasteiger partial charge in [-0.1, -0.05) is 0 Å². The highest BCUT2D eigenvalue weighted by molar-refractivity contribution is 5.11. The minimum absolute atomic E-state index is 0.0281. The lowest BCUT2D eigenvalue weighted by Crippen LogP contribution is -2.04. The van der Waals surface area contributed by atoms with Gasteiger partial charge in [-0.3, -0.25) is 0 Å². The highest BCUT2D eigenvalue weighted by Gasteiger charge is 2.10. The van der Waals surface area contributed by atoms with Gasteiger partial charge in [0.05, 0.1) is 24.9 Å². The molecule has 2 nitrogen and oxygen atoms in total. The van der Waals surface area contributed by atoms with Crippen LogP contribution < -0.4 is 0 Å². The fourth-order valence-corrected chi connectivity index (χ4v) is 0.986. The molecule has 0 saturated carbocycles. The molecule has 0 aromatic rings. The van der Waals surface area contributed by atoms with Crippen molar-refractivity contribution < 1.29 is 4.74 Å². The molecule has 0 bridgehead atoms. The van der Waals surface area contributed by atoms with Crippen molar-refractivity contribution in [3.8, 4) is 6.07 Å². The Morgan fingerprint density at radius 2 is 2.60 bits per heavy atom. The zero-order valence-corrected chi connectivity index (χ0v) is 6.13. The van der Waals surface area contributed by atoms with Crippen LogP contribution in [0.25, 0.3) is 0 Å². The van der Waals surface area contributed by atoms with E-state index in [1.807, 2.05) is 6.92 Å². The van der Waals surface area contributed by atoms with Gasteiger partial charge in [0, 0.05) is 0 Å². The van der Waals surface area contributed by atoms with Gasteiger partial charge in [-0.25, -0.2) is 0 Å². The Bertz CT molecular complexity index is 178. The zero-order chi connectivity index (χ0) is 7.40. The summed E-state index contributed by atoms with van der Waals surface area (Å²) >= 11 is 0.